The molecule has 5 nitrogen and oxygen atoms in total. The molecule has 5 heteroatoms. The highest BCUT2D eigenvalue weighted by Crippen LogP contribution is 2.04. The molecule has 0 saturated carbocycles. The topological polar surface area (TPSA) is 64.6 Å². The third-order valence-electron chi connectivity index (χ3n) is 2.25. The molecule has 0 aliphatic heterocycles. The van der Waals surface area contributed by atoms with Gasteiger partial charge in [0.25, 0.3) is 0 Å². The minimum atomic E-state index is -0.741. The van der Waals surface area contributed by atoms with Gasteiger partial charge in [-0.1, -0.05) is 30.3 Å². The summed E-state index contributed by atoms with van der Waals surface area (Å²) in [6.45, 7) is 0. The van der Waals surface area contributed by atoms with E-state index >= 15 is 0 Å². The molecule has 92 valence electrons. The van der Waals surface area contributed by atoms with Crippen LogP contribution in [0.15, 0.2) is 30.3 Å². The molecule has 1 N–H and O–H groups in total. The third-order valence-corrected chi connectivity index (χ3v) is 2.25. The van der Waals surface area contributed by atoms with Crippen molar-refractivity contribution in [3.63, 3.8) is 0 Å². The number of nitrogens with one attached hydrogen (secondary N) is 1. The van der Waals surface area contributed by atoms with E-state index in [9.17, 15) is 9.59 Å². The van der Waals surface area contributed by atoms with Gasteiger partial charge in [0.1, 0.15) is 6.04 Å². The number of ether oxygens (including phenoxy) is 2. The third kappa shape index (κ3) is 4.14. The van der Waals surface area contributed by atoms with Crippen molar-refractivity contribution in [2.24, 2.45) is 0 Å². The maximum atomic E-state index is 11.5. The molecule has 0 heterocycles. The Morgan fingerprint density at radius 1 is 1.18 bits per heavy atom. The van der Waals surface area contributed by atoms with Crippen LogP contribution >= 0.6 is 0 Å². The molecule has 1 aromatic carbocycles. The van der Waals surface area contributed by atoms with Crippen molar-refractivity contribution in [1.29, 1.82) is 0 Å². The van der Waals surface area contributed by atoms with Gasteiger partial charge in [-0.15, -0.1) is 0 Å². The lowest BCUT2D eigenvalue weighted by Gasteiger charge is -2.15. The summed E-state index contributed by atoms with van der Waals surface area (Å²) in [5.74, 6) is -0.501. The number of esters is 1. The average molecular weight is 237 g/mol. The summed E-state index contributed by atoms with van der Waals surface area (Å²) in [6.07, 6.45) is -0.292. The molecule has 1 amide bonds. The lowest BCUT2D eigenvalue weighted by atomic mass is 10.1. The Balaban J connectivity index is 2.70. The molecule has 1 unspecified atom stereocenters. The largest absolute Gasteiger partial charge is 0.467 e. The summed E-state index contributed by atoms with van der Waals surface area (Å²) < 4.78 is 9.08. The lowest BCUT2D eigenvalue weighted by molar-refractivity contribution is -0.142. The molecular weight excluding hydrogens is 222 g/mol. The van der Waals surface area contributed by atoms with E-state index in [1.54, 1.807) is 0 Å². The van der Waals surface area contributed by atoms with Crippen LogP contribution in [0.25, 0.3) is 0 Å². The Hall–Kier alpha value is -2.04. The van der Waals surface area contributed by atoms with Gasteiger partial charge in [-0.2, -0.15) is 0 Å². The summed E-state index contributed by atoms with van der Waals surface area (Å²) in [5.41, 5.74) is 0.930. The van der Waals surface area contributed by atoms with Crippen molar-refractivity contribution in [2.45, 2.75) is 12.5 Å². The first-order chi connectivity index (χ1) is 8.17. The van der Waals surface area contributed by atoms with Gasteiger partial charge in [-0.25, -0.2) is 9.59 Å². The fraction of sp³-hybridized carbons (Fsp3) is 0.333. The highest BCUT2D eigenvalue weighted by Gasteiger charge is 2.21. The number of alkyl carbamates (subject to hydrolysis) is 1. The van der Waals surface area contributed by atoms with Crippen LogP contribution in [0.2, 0.25) is 0 Å². The zero-order chi connectivity index (χ0) is 12.7. The maximum Gasteiger partial charge on any atom is 0.407 e. The van der Waals surface area contributed by atoms with Crippen molar-refractivity contribution < 1.29 is 19.1 Å². The summed E-state index contributed by atoms with van der Waals surface area (Å²) in [7, 11) is 2.52. The van der Waals surface area contributed by atoms with E-state index in [0.717, 1.165) is 5.56 Å². The summed E-state index contributed by atoms with van der Waals surface area (Å²) >= 11 is 0. The molecule has 0 aliphatic rings. The van der Waals surface area contributed by atoms with Gasteiger partial charge >= 0.3 is 12.1 Å². The van der Waals surface area contributed by atoms with E-state index in [1.165, 1.54) is 14.2 Å². The van der Waals surface area contributed by atoms with Gasteiger partial charge in [0, 0.05) is 6.42 Å². The second-order valence-electron chi connectivity index (χ2n) is 3.40. The van der Waals surface area contributed by atoms with Gasteiger partial charge in [0.15, 0.2) is 0 Å². The molecular formula is C12H15NO4. The number of methoxy groups -OCH3 is 2. The van der Waals surface area contributed by atoms with Gasteiger partial charge in [0.2, 0.25) is 0 Å². The fourth-order valence-electron chi connectivity index (χ4n) is 1.39. The summed E-state index contributed by atoms with van der Waals surface area (Å²) in [6, 6.07) is 8.60. The SMILES string of the molecule is COC(=O)NC(Cc1ccccc1)C(=O)OC. The Morgan fingerprint density at radius 3 is 2.35 bits per heavy atom. The van der Waals surface area contributed by atoms with Crippen molar-refractivity contribution in [1.82, 2.24) is 5.32 Å². The fourth-order valence-corrected chi connectivity index (χ4v) is 1.39. The van der Waals surface area contributed by atoms with Gasteiger partial charge in [0.05, 0.1) is 14.2 Å². The summed E-state index contributed by atoms with van der Waals surface area (Å²) in [4.78, 5) is 22.6. The molecule has 0 saturated heterocycles. The Bertz CT molecular complexity index is 377. The van der Waals surface area contributed by atoms with Gasteiger partial charge in [-0.05, 0) is 5.56 Å². The maximum absolute atomic E-state index is 11.5. The average Bonchev–Trinajstić information content (AvgIpc) is 2.38. The van der Waals surface area contributed by atoms with Crippen LogP contribution < -0.4 is 5.32 Å². The summed E-state index contributed by atoms with van der Waals surface area (Å²) in [5, 5.41) is 2.43. The number of rotatable bonds is 4. The number of benzene rings is 1. The Labute approximate surface area is 99.7 Å². The standard InChI is InChI=1S/C12H15NO4/c1-16-11(14)10(13-12(15)17-2)8-9-6-4-3-5-7-9/h3-7,10H,8H2,1-2H3,(H,13,15). The van der Waals surface area contributed by atoms with Crippen LogP contribution in [0.3, 0.4) is 0 Å². The van der Waals surface area contributed by atoms with E-state index in [4.69, 9.17) is 0 Å². The zero-order valence-corrected chi connectivity index (χ0v) is 9.80. The molecule has 0 aromatic heterocycles. The normalized spacial score (nSPS) is 11.4. The highest BCUT2D eigenvalue weighted by molar-refractivity contribution is 5.81. The number of hydrogen-bond acceptors (Lipinski definition) is 4. The molecule has 17 heavy (non-hydrogen) atoms. The molecule has 0 radical (unpaired) electrons. The second kappa shape index (κ2) is 6.52. The molecule has 0 spiro atoms. The van der Waals surface area contributed by atoms with Crippen LogP contribution in [-0.2, 0) is 20.7 Å². The number of carbonyl (C=O) groups is 2. The van der Waals surface area contributed by atoms with Gasteiger partial charge in [-0.3, -0.25) is 0 Å². The van der Waals surface area contributed by atoms with E-state index in [2.05, 4.69) is 14.8 Å². The first kappa shape index (κ1) is 13.0. The first-order valence-electron chi connectivity index (χ1n) is 5.13. The minimum absolute atomic E-state index is 0.364. The first-order valence-corrected chi connectivity index (χ1v) is 5.13. The second-order valence-corrected chi connectivity index (χ2v) is 3.40. The Morgan fingerprint density at radius 2 is 1.82 bits per heavy atom. The van der Waals surface area contributed by atoms with Crippen molar-refractivity contribution >= 4 is 12.1 Å². The van der Waals surface area contributed by atoms with Crippen LogP contribution in [0.4, 0.5) is 4.79 Å². The Kier molecular flexibility index (Phi) is 5.00. The van der Waals surface area contributed by atoms with Gasteiger partial charge < -0.3 is 14.8 Å². The quantitative estimate of drug-likeness (QED) is 0.797. The predicted octanol–water partition coefficient (Wildman–Crippen LogP) is 1.13. The lowest BCUT2D eigenvalue weighted by Crippen LogP contribution is -2.42. The molecule has 0 bridgehead atoms. The molecule has 1 atom stereocenters. The molecule has 0 aliphatic carbocycles. The number of carbonyl (C=O) groups excluding carboxylic acids is 2. The van der Waals surface area contributed by atoms with Crippen LogP contribution in [0.1, 0.15) is 5.56 Å². The highest BCUT2D eigenvalue weighted by atomic mass is 16.5. The molecule has 1 rings (SSSR count). The number of hydrogen-bond donors (Lipinski definition) is 1. The van der Waals surface area contributed by atoms with Crippen molar-refractivity contribution in [3.8, 4) is 0 Å². The van der Waals surface area contributed by atoms with Crippen molar-refractivity contribution in [3.05, 3.63) is 35.9 Å². The van der Waals surface area contributed by atoms with E-state index in [1.807, 2.05) is 30.3 Å². The molecule has 1 aromatic rings. The van der Waals surface area contributed by atoms with E-state index in [-0.39, 0.29) is 0 Å². The van der Waals surface area contributed by atoms with Crippen LogP contribution in [0, 0.1) is 0 Å². The minimum Gasteiger partial charge on any atom is -0.467 e. The van der Waals surface area contributed by atoms with E-state index in [0.29, 0.717) is 6.42 Å². The number of amides is 1. The monoisotopic (exact) mass is 237 g/mol. The zero-order valence-electron chi connectivity index (χ0n) is 9.80. The molecule has 0 fully saturated rings. The van der Waals surface area contributed by atoms with Crippen molar-refractivity contribution in [2.75, 3.05) is 14.2 Å². The predicted molar refractivity (Wildman–Crippen MR) is 61.5 cm³/mol. The smallest absolute Gasteiger partial charge is 0.407 e. The van der Waals surface area contributed by atoms with Crippen LogP contribution in [0.5, 0.6) is 0 Å². The van der Waals surface area contributed by atoms with E-state index < -0.39 is 18.1 Å². The van der Waals surface area contributed by atoms with Crippen LogP contribution in [-0.4, -0.2) is 32.3 Å².